The summed E-state index contributed by atoms with van der Waals surface area (Å²) < 4.78 is 5.45. The van der Waals surface area contributed by atoms with Crippen molar-refractivity contribution in [3.8, 4) is 11.3 Å². The number of nitrogens with zero attached hydrogens (tertiary/aromatic N) is 1. The Balaban J connectivity index is 2.47. The SMILES string of the molecule is Nc1ccc(N(CCO)CCO)c(-c2ccc(C=O)o2)c1. The van der Waals surface area contributed by atoms with E-state index < -0.39 is 0 Å². The van der Waals surface area contributed by atoms with Gasteiger partial charge in [0.1, 0.15) is 5.76 Å². The molecule has 1 heterocycles. The molecule has 1 aromatic carbocycles. The van der Waals surface area contributed by atoms with Gasteiger partial charge in [-0.25, -0.2) is 0 Å². The maximum absolute atomic E-state index is 10.7. The van der Waals surface area contributed by atoms with Gasteiger partial charge >= 0.3 is 0 Å². The van der Waals surface area contributed by atoms with Gasteiger partial charge in [-0.3, -0.25) is 4.79 Å². The van der Waals surface area contributed by atoms with Gasteiger partial charge in [0.15, 0.2) is 12.0 Å². The molecule has 6 heteroatoms. The molecule has 1 aromatic heterocycles. The third-order valence-electron chi connectivity index (χ3n) is 3.11. The van der Waals surface area contributed by atoms with E-state index in [1.54, 1.807) is 30.3 Å². The van der Waals surface area contributed by atoms with E-state index in [1.807, 2.05) is 4.90 Å². The van der Waals surface area contributed by atoms with Crippen molar-refractivity contribution in [2.75, 3.05) is 36.9 Å². The third-order valence-corrected chi connectivity index (χ3v) is 3.11. The van der Waals surface area contributed by atoms with Gasteiger partial charge in [-0.15, -0.1) is 0 Å². The Morgan fingerprint density at radius 1 is 1.14 bits per heavy atom. The van der Waals surface area contributed by atoms with Crippen LogP contribution in [0.1, 0.15) is 10.6 Å². The average molecular weight is 290 g/mol. The molecule has 0 saturated carbocycles. The van der Waals surface area contributed by atoms with Crippen LogP contribution in [0.2, 0.25) is 0 Å². The predicted molar refractivity (Wildman–Crippen MR) is 80.3 cm³/mol. The van der Waals surface area contributed by atoms with E-state index in [4.69, 9.17) is 20.4 Å². The lowest BCUT2D eigenvalue weighted by Crippen LogP contribution is -2.30. The van der Waals surface area contributed by atoms with Gasteiger partial charge in [-0.2, -0.15) is 0 Å². The number of carbonyl (C=O) groups excluding carboxylic acids is 1. The standard InChI is InChI=1S/C15H18N2O4/c16-11-1-3-14(17(5-7-18)6-8-19)13(9-11)15-4-2-12(10-20)21-15/h1-4,9-10,18-19H,5-8,16H2. The largest absolute Gasteiger partial charge is 0.453 e. The van der Waals surface area contributed by atoms with Crippen LogP contribution in [0.4, 0.5) is 11.4 Å². The summed E-state index contributed by atoms with van der Waals surface area (Å²) in [5.41, 5.74) is 7.87. The van der Waals surface area contributed by atoms with E-state index >= 15 is 0 Å². The molecule has 4 N–H and O–H groups in total. The number of aliphatic hydroxyl groups excluding tert-OH is 2. The third kappa shape index (κ3) is 3.42. The maximum Gasteiger partial charge on any atom is 0.185 e. The summed E-state index contributed by atoms with van der Waals surface area (Å²) in [5.74, 6) is 0.745. The molecule has 0 aliphatic carbocycles. The van der Waals surface area contributed by atoms with Crippen molar-refractivity contribution < 1.29 is 19.4 Å². The molecule has 0 spiro atoms. The normalized spacial score (nSPS) is 10.6. The number of nitrogen functional groups attached to an aromatic ring is 1. The minimum atomic E-state index is -0.0401. The highest BCUT2D eigenvalue weighted by Gasteiger charge is 2.15. The maximum atomic E-state index is 10.7. The zero-order valence-electron chi connectivity index (χ0n) is 11.5. The molecular formula is C15H18N2O4. The Bertz CT molecular complexity index is 603. The number of aldehydes is 1. The van der Waals surface area contributed by atoms with Crippen LogP contribution in [-0.4, -0.2) is 42.8 Å². The second-order valence-corrected chi connectivity index (χ2v) is 4.53. The summed E-state index contributed by atoms with van der Waals surface area (Å²) in [7, 11) is 0. The fraction of sp³-hybridized carbons (Fsp3) is 0.267. The average Bonchev–Trinajstić information content (AvgIpc) is 2.96. The van der Waals surface area contributed by atoms with E-state index in [0.29, 0.717) is 36.4 Å². The Kier molecular flexibility index (Phi) is 4.97. The lowest BCUT2D eigenvalue weighted by molar-refractivity contribution is 0.110. The van der Waals surface area contributed by atoms with Crippen LogP contribution in [-0.2, 0) is 0 Å². The van der Waals surface area contributed by atoms with Gasteiger partial charge in [-0.1, -0.05) is 0 Å². The van der Waals surface area contributed by atoms with Crippen molar-refractivity contribution in [2.45, 2.75) is 0 Å². The molecular weight excluding hydrogens is 272 g/mol. The molecule has 2 aromatic rings. The molecule has 0 aliphatic heterocycles. The van der Waals surface area contributed by atoms with E-state index in [2.05, 4.69) is 0 Å². The van der Waals surface area contributed by atoms with Crippen molar-refractivity contribution in [3.63, 3.8) is 0 Å². The lowest BCUT2D eigenvalue weighted by atomic mass is 10.1. The lowest BCUT2D eigenvalue weighted by Gasteiger charge is -2.25. The summed E-state index contributed by atoms with van der Waals surface area (Å²) in [6, 6.07) is 8.56. The number of aliphatic hydroxyl groups is 2. The van der Waals surface area contributed by atoms with Gasteiger partial charge in [0, 0.05) is 30.0 Å². The van der Waals surface area contributed by atoms with Gasteiger partial charge in [0.2, 0.25) is 0 Å². The number of hydrogen-bond donors (Lipinski definition) is 3. The molecule has 112 valence electrons. The number of hydrogen-bond acceptors (Lipinski definition) is 6. The topological polar surface area (TPSA) is 99.9 Å². The molecule has 0 unspecified atom stereocenters. The summed E-state index contributed by atoms with van der Waals surface area (Å²) in [5, 5.41) is 18.3. The number of anilines is 2. The predicted octanol–water partition coefficient (Wildman–Crippen LogP) is 1.13. The van der Waals surface area contributed by atoms with Crippen molar-refractivity contribution in [1.82, 2.24) is 0 Å². The van der Waals surface area contributed by atoms with Gasteiger partial charge in [0.25, 0.3) is 0 Å². The Morgan fingerprint density at radius 2 is 1.86 bits per heavy atom. The smallest absolute Gasteiger partial charge is 0.185 e. The summed E-state index contributed by atoms with van der Waals surface area (Å²) in [6.07, 6.45) is 0.634. The highest BCUT2D eigenvalue weighted by Crippen LogP contribution is 2.33. The number of nitrogens with two attached hydrogens (primary N) is 1. The summed E-state index contributed by atoms with van der Waals surface area (Å²) in [6.45, 7) is 0.667. The van der Waals surface area contributed by atoms with Crippen molar-refractivity contribution in [2.24, 2.45) is 0 Å². The molecule has 6 nitrogen and oxygen atoms in total. The molecule has 0 radical (unpaired) electrons. The van der Waals surface area contributed by atoms with Crippen LogP contribution in [0.15, 0.2) is 34.7 Å². The molecule has 0 saturated heterocycles. The van der Waals surface area contributed by atoms with E-state index in [-0.39, 0.29) is 19.0 Å². The second-order valence-electron chi connectivity index (χ2n) is 4.53. The van der Waals surface area contributed by atoms with Crippen LogP contribution in [0.3, 0.4) is 0 Å². The Morgan fingerprint density at radius 3 is 2.43 bits per heavy atom. The fourth-order valence-electron chi connectivity index (χ4n) is 2.18. The zero-order chi connectivity index (χ0) is 15.2. The number of furan rings is 1. The van der Waals surface area contributed by atoms with Crippen LogP contribution >= 0.6 is 0 Å². The Hall–Kier alpha value is -2.31. The summed E-state index contributed by atoms with van der Waals surface area (Å²) in [4.78, 5) is 12.6. The van der Waals surface area contributed by atoms with Crippen LogP contribution in [0.25, 0.3) is 11.3 Å². The first-order chi connectivity index (χ1) is 10.2. The molecule has 0 fully saturated rings. The van der Waals surface area contributed by atoms with Crippen LogP contribution in [0.5, 0.6) is 0 Å². The van der Waals surface area contributed by atoms with E-state index in [0.717, 1.165) is 5.69 Å². The molecule has 2 rings (SSSR count). The Labute approximate surface area is 122 Å². The minimum Gasteiger partial charge on any atom is -0.453 e. The number of carbonyl (C=O) groups is 1. The molecule has 0 aliphatic rings. The van der Waals surface area contributed by atoms with Crippen LogP contribution in [0, 0.1) is 0 Å². The van der Waals surface area contributed by atoms with E-state index in [1.165, 1.54) is 0 Å². The number of benzene rings is 1. The van der Waals surface area contributed by atoms with Gasteiger partial charge in [-0.05, 0) is 30.3 Å². The molecule has 21 heavy (non-hydrogen) atoms. The first-order valence-electron chi connectivity index (χ1n) is 6.61. The van der Waals surface area contributed by atoms with Crippen molar-refractivity contribution in [3.05, 3.63) is 36.1 Å². The highest BCUT2D eigenvalue weighted by molar-refractivity contribution is 5.80. The highest BCUT2D eigenvalue weighted by atomic mass is 16.3. The van der Waals surface area contributed by atoms with Crippen molar-refractivity contribution >= 4 is 17.7 Å². The second kappa shape index (κ2) is 6.92. The number of rotatable bonds is 7. The zero-order valence-corrected chi connectivity index (χ0v) is 11.5. The molecule has 0 atom stereocenters. The monoisotopic (exact) mass is 290 g/mol. The molecule has 0 bridgehead atoms. The van der Waals surface area contributed by atoms with Crippen LogP contribution < -0.4 is 10.6 Å². The fourth-order valence-corrected chi connectivity index (χ4v) is 2.18. The van der Waals surface area contributed by atoms with Crippen molar-refractivity contribution in [1.29, 1.82) is 0 Å². The molecule has 0 amide bonds. The first kappa shape index (κ1) is 15.1. The van der Waals surface area contributed by atoms with E-state index in [9.17, 15) is 4.79 Å². The summed E-state index contributed by atoms with van der Waals surface area (Å²) >= 11 is 0. The minimum absolute atomic E-state index is 0.0401. The van der Waals surface area contributed by atoms with Gasteiger partial charge in [0.05, 0.1) is 13.2 Å². The first-order valence-corrected chi connectivity index (χ1v) is 6.61. The van der Waals surface area contributed by atoms with Gasteiger partial charge < -0.3 is 25.3 Å². The quantitative estimate of drug-likeness (QED) is 0.522.